The second kappa shape index (κ2) is 8.13. The summed E-state index contributed by atoms with van der Waals surface area (Å²) in [5.74, 6) is 0. The van der Waals surface area contributed by atoms with Gasteiger partial charge in [0, 0.05) is 0 Å². The minimum atomic E-state index is -4.13. The molecule has 114 valence electrons. The van der Waals surface area contributed by atoms with Crippen LogP contribution in [0.3, 0.4) is 0 Å². The Labute approximate surface area is 115 Å². The molecule has 1 fully saturated rings. The Hall–Kier alpha value is -0.250. The lowest BCUT2D eigenvalue weighted by Gasteiger charge is -2.37. The van der Waals surface area contributed by atoms with E-state index < -0.39 is 11.7 Å². The van der Waals surface area contributed by atoms with Crippen molar-refractivity contribution in [1.82, 2.24) is 5.32 Å². The predicted molar refractivity (Wildman–Crippen MR) is 73.2 cm³/mol. The zero-order valence-electron chi connectivity index (χ0n) is 12.1. The quantitative estimate of drug-likeness (QED) is 0.732. The monoisotopic (exact) mass is 279 g/mol. The maximum absolute atomic E-state index is 13.5. The van der Waals surface area contributed by atoms with Crippen LogP contribution in [0.4, 0.5) is 13.2 Å². The Morgan fingerprint density at radius 1 is 0.789 bits per heavy atom. The van der Waals surface area contributed by atoms with Crippen LogP contribution in [0.2, 0.25) is 0 Å². The highest BCUT2D eigenvalue weighted by molar-refractivity contribution is 4.94. The molecule has 0 amide bonds. The smallest absolute Gasteiger partial charge is 0.304 e. The first-order valence-electron chi connectivity index (χ1n) is 7.83. The van der Waals surface area contributed by atoms with Gasteiger partial charge < -0.3 is 5.32 Å². The maximum Gasteiger partial charge on any atom is 0.406 e. The molecule has 1 nitrogen and oxygen atoms in total. The van der Waals surface area contributed by atoms with Gasteiger partial charge in [-0.3, -0.25) is 0 Å². The van der Waals surface area contributed by atoms with E-state index in [-0.39, 0.29) is 12.8 Å². The molecule has 0 spiro atoms. The van der Waals surface area contributed by atoms with Crippen molar-refractivity contribution in [2.45, 2.75) is 89.3 Å². The predicted octanol–water partition coefficient (Wildman–Crippen LogP) is 5.20. The van der Waals surface area contributed by atoms with Crippen LogP contribution in [0.5, 0.6) is 0 Å². The first-order valence-corrected chi connectivity index (χ1v) is 7.83. The molecule has 1 N–H and O–H groups in total. The van der Waals surface area contributed by atoms with E-state index in [0.717, 1.165) is 25.7 Å². The fraction of sp³-hybridized carbons (Fsp3) is 1.00. The molecule has 0 heterocycles. The number of rotatable bonds is 2. The van der Waals surface area contributed by atoms with Crippen molar-refractivity contribution in [2.75, 3.05) is 6.54 Å². The molecule has 0 unspecified atom stereocenters. The molecule has 0 atom stereocenters. The molecule has 0 radical (unpaired) electrons. The summed E-state index contributed by atoms with van der Waals surface area (Å²) in [7, 11) is 0. The van der Waals surface area contributed by atoms with Crippen LogP contribution in [-0.4, -0.2) is 18.3 Å². The molecular formula is C15H28F3N. The zero-order valence-corrected chi connectivity index (χ0v) is 12.1. The van der Waals surface area contributed by atoms with Crippen LogP contribution < -0.4 is 5.32 Å². The molecule has 0 aliphatic heterocycles. The lowest BCUT2D eigenvalue weighted by Crippen LogP contribution is -2.56. The van der Waals surface area contributed by atoms with Gasteiger partial charge in [-0.2, -0.15) is 13.2 Å². The standard InChI is InChI=1S/C15H28F3N/c1-2-19-14(15(16,17)18)12-10-8-6-4-3-5-7-9-11-13-14/h19H,2-13H2,1H3. The fourth-order valence-corrected chi connectivity index (χ4v) is 3.11. The highest BCUT2D eigenvalue weighted by atomic mass is 19.4. The number of hydrogen-bond acceptors (Lipinski definition) is 1. The summed E-state index contributed by atoms with van der Waals surface area (Å²) in [5.41, 5.74) is -1.64. The Kier molecular flexibility index (Phi) is 7.19. The van der Waals surface area contributed by atoms with Gasteiger partial charge in [-0.25, -0.2) is 0 Å². The van der Waals surface area contributed by atoms with E-state index in [1.165, 1.54) is 19.3 Å². The Morgan fingerprint density at radius 2 is 1.16 bits per heavy atom. The molecule has 0 saturated heterocycles. The van der Waals surface area contributed by atoms with Gasteiger partial charge in [0.05, 0.1) is 0 Å². The number of hydrogen-bond donors (Lipinski definition) is 1. The normalized spacial score (nSPS) is 23.4. The molecule has 0 aromatic carbocycles. The van der Waals surface area contributed by atoms with Crippen LogP contribution in [-0.2, 0) is 0 Å². The second-order valence-corrected chi connectivity index (χ2v) is 5.79. The van der Waals surface area contributed by atoms with Crippen LogP contribution >= 0.6 is 0 Å². The summed E-state index contributed by atoms with van der Waals surface area (Å²) < 4.78 is 40.4. The number of nitrogens with one attached hydrogen (secondary N) is 1. The van der Waals surface area contributed by atoms with Crippen molar-refractivity contribution < 1.29 is 13.2 Å². The summed E-state index contributed by atoms with van der Waals surface area (Å²) in [6.45, 7) is 2.16. The minimum Gasteiger partial charge on any atom is -0.304 e. The van der Waals surface area contributed by atoms with E-state index in [4.69, 9.17) is 0 Å². The van der Waals surface area contributed by atoms with Crippen molar-refractivity contribution in [2.24, 2.45) is 0 Å². The summed E-state index contributed by atoms with van der Waals surface area (Å²) in [6.07, 6.45) is 5.37. The van der Waals surface area contributed by atoms with Crippen molar-refractivity contribution in [3.8, 4) is 0 Å². The third kappa shape index (κ3) is 5.33. The molecule has 1 aliphatic rings. The Bertz CT molecular complexity index is 226. The lowest BCUT2D eigenvalue weighted by molar-refractivity contribution is -0.202. The fourth-order valence-electron chi connectivity index (χ4n) is 3.11. The third-order valence-electron chi connectivity index (χ3n) is 4.26. The van der Waals surface area contributed by atoms with E-state index in [1.807, 2.05) is 0 Å². The largest absolute Gasteiger partial charge is 0.406 e. The Morgan fingerprint density at radius 3 is 1.47 bits per heavy atom. The molecule has 0 aromatic heterocycles. The molecular weight excluding hydrogens is 251 g/mol. The average Bonchev–Trinajstić information content (AvgIpc) is 2.31. The van der Waals surface area contributed by atoms with E-state index in [0.29, 0.717) is 19.4 Å². The maximum atomic E-state index is 13.5. The molecule has 19 heavy (non-hydrogen) atoms. The van der Waals surface area contributed by atoms with E-state index in [9.17, 15) is 13.2 Å². The second-order valence-electron chi connectivity index (χ2n) is 5.79. The van der Waals surface area contributed by atoms with E-state index >= 15 is 0 Å². The van der Waals surface area contributed by atoms with Crippen LogP contribution in [0.1, 0.15) is 77.6 Å². The number of alkyl halides is 3. The van der Waals surface area contributed by atoms with Gasteiger partial charge in [0.2, 0.25) is 0 Å². The zero-order chi connectivity index (χ0) is 14.2. The van der Waals surface area contributed by atoms with Gasteiger partial charge in [-0.05, 0) is 19.4 Å². The molecule has 1 saturated carbocycles. The molecule has 0 aromatic rings. The van der Waals surface area contributed by atoms with Gasteiger partial charge in [0.1, 0.15) is 5.54 Å². The van der Waals surface area contributed by atoms with Crippen LogP contribution in [0, 0.1) is 0 Å². The van der Waals surface area contributed by atoms with E-state index in [2.05, 4.69) is 5.32 Å². The van der Waals surface area contributed by atoms with Crippen LogP contribution in [0.15, 0.2) is 0 Å². The topological polar surface area (TPSA) is 12.0 Å². The van der Waals surface area contributed by atoms with Gasteiger partial charge >= 0.3 is 6.18 Å². The first-order chi connectivity index (χ1) is 9.02. The third-order valence-corrected chi connectivity index (χ3v) is 4.26. The summed E-state index contributed by atoms with van der Waals surface area (Å²) in [5, 5.41) is 2.76. The van der Waals surface area contributed by atoms with Gasteiger partial charge in [0.25, 0.3) is 0 Å². The minimum absolute atomic E-state index is 0.240. The summed E-state index contributed by atoms with van der Waals surface area (Å²) in [4.78, 5) is 0. The van der Waals surface area contributed by atoms with Crippen molar-refractivity contribution in [1.29, 1.82) is 0 Å². The van der Waals surface area contributed by atoms with E-state index in [1.54, 1.807) is 6.92 Å². The first kappa shape index (κ1) is 16.8. The van der Waals surface area contributed by atoms with Crippen molar-refractivity contribution in [3.63, 3.8) is 0 Å². The van der Waals surface area contributed by atoms with Gasteiger partial charge in [-0.1, -0.05) is 64.7 Å². The highest BCUT2D eigenvalue weighted by Gasteiger charge is 2.52. The highest BCUT2D eigenvalue weighted by Crippen LogP contribution is 2.39. The SMILES string of the molecule is CCNC1(C(F)(F)F)CCCCCCCCCCC1. The average molecular weight is 279 g/mol. The summed E-state index contributed by atoms with van der Waals surface area (Å²) in [6, 6.07) is 0. The van der Waals surface area contributed by atoms with Gasteiger partial charge in [0.15, 0.2) is 0 Å². The van der Waals surface area contributed by atoms with Crippen LogP contribution in [0.25, 0.3) is 0 Å². The molecule has 1 rings (SSSR count). The Balaban J connectivity index is 2.70. The lowest BCUT2D eigenvalue weighted by atomic mass is 9.84. The van der Waals surface area contributed by atoms with Crippen molar-refractivity contribution >= 4 is 0 Å². The molecule has 1 aliphatic carbocycles. The van der Waals surface area contributed by atoms with Gasteiger partial charge in [-0.15, -0.1) is 0 Å². The number of halogens is 3. The molecule has 0 bridgehead atoms. The molecule has 4 heteroatoms. The summed E-state index contributed by atoms with van der Waals surface area (Å²) >= 11 is 0. The van der Waals surface area contributed by atoms with Crippen molar-refractivity contribution in [3.05, 3.63) is 0 Å².